The van der Waals surface area contributed by atoms with E-state index in [4.69, 9.17) is 14.2 Å². The summed E-state index contributed by atoms with van der Waals surface area (Å²) < 4.78 is 17.0. The van der Waals surface area contributed by atoms with Gasteiger partial charge in [-0.15, -0.1) is 0 Å². The first-order valence-corrected chi connectivity index (χ1v) is 9.23. The maximum atomic E-state index is 12.5. The van der Waals surface area contributed by atoms with Gasteiger partial charge in [-0.2, -0.15) is 0 Å². The van der Waals surface area contributed by atoms with E-state index >= 15 is 0 Å². The topological polar surface area (TPSA) is 69.7 Å². The van der Waals surface area contributed by atoms with Crippen molar-refractivity contribution in [2.75, 3.05) is 26.4 Å². The number of carbonyl (C=O) groups is 1. The van der Waals surface area contributed by atoms with Gasteiger partial charge in [0.15, 0.2) is 0 Å². The van der Waals surface area contributed by atoms with Crippen LogP contribution in [0.15, 0.2) is 18.3 Å². The highest BCUT2D eigenvalue weighted by Gasteiger charge is 2.28. The largest absolute Gasteiger partial charge is 0.472 e. The van der Waals surface area contributed by atoms with Gasteiger partial charge in [-0.05, 0) is 24.8 Å². The Hall–Kier alpha value is -1.66. The first-order chi connectivity index (χ1) is 12.1. The number of amides is 1. The predicted molar refractivity (Wildman–Crippen MR) is 93.7 cm³/mol. The fourth-order valence-corrected chi connectivity index (χ4v) is 3.54. The van der Waals surface area contributed by atoms with Gasteiger partial charge in [-0.25, -0.2) is 4.98 Å². The summed E-state index contributed by atoms with van der Waals surface area (Å²) in [6.45, 7) is 7.09. The standard InChI is InChI=1S/C19H28N2O4/c1-13(2)18-15(4-3-8-24-18)11-21-19(22)14-5-7-20-17(10-14)25-16-6-9-23-12-16/h5,7,10,13,15-16,18H,3-4,6,8-9,11-12H2,1-2H3,(H,21,22)/t15-,16+,18+/m1/s1. The first-order valence-electron chi connectivity index (χ1n) is 9.23. The van der Waals surface area contributed by atoms with Crippen LogP contribution >= 0.6 is 0 Å². The molecule has 0 aliphatic carbocycles. The van der Waals surface area contributed by atoms with E-state index in [-0.39, 0.29) is 18.1 Å². The fourth-order valence-electron chi connectivity index (χ4n) is 3.54. The van der Waals surface area contributed by atoms with Crippen molar-refractivity contribution in [1.29, 1.82) is 0 Å². The van der Waals surface area contributed by atoms with Crippen molar-refractivity contribution in [2.45, 2.75) is 45.3 Å². The molecule has 6 heteroatoms. The lowest BCUT2D eigenvalue weighted by atomic mass is 9.87. The van der Waals surface area contributed by atoms with Gasteiger partial charge in [-0.3, -0.25) is 4.79 Å². The van der Waals surface area contributed by atoms with Gasteiger partial charge in [0.2, 0.25) is 5.88 Å². The van der Waals surface area contributed by atoms with E-state index in [9.17, 15) is 4.79 Å². The first kappa shape index (κ1) is 18.1. The SMILES string of the molecule is CC(C)[C@@H]1OCCC[C@@H]1CNC(=O)c1ccnc(O[C@H]2CCOC2)c1. The number of nitrogens with zero attached hydrogens (tertiary/aromatic N) is 1. The summed E-state index contributed by atoms with van der Waals surface area (Å²) in [5.41, 5.74) is 0.571. The molecule has 2 aliphatic heterocycles. The lowest BCUT2D eigenvalue weighted by Crippen LogP contribution is -2.41. The number of hydrogen-bond donors (Lipinski definition) is 1. The Labute approximate surface area is 149 Å². The summed E-state index contributed by atoms with van der Waals surface area (Å²) in [4.78, 5) is 16.7. The molecule has 25 heavy (non-hydrogen) atoms. The van der Waals surface area contributed by atoms with Crippen molar-refractivity contribution in [1.82, 2.24) is 10.3 Å². The zero-order chi connectivity index (χ0) is 17.6. The third kappa shape index (κ3) is 4.92. The van der Waals surface area contributed by atoms with Crippen molar-refractivity contribution >= 4 is 5.91 Å². The lowest BCUT2D eigenvalue weighted by Gasteiger charge is -2.34. The van der Waals surface area contributed by atoms with Crippen LogP contribution in [0, 0.1) is 11.8 Å². The van der Waals surface area contributed by atoms with Gasteiger partial charge >= 0.3 is 0 Å². The maximum Gasteiger partial charge on any atom is 0.251 e. The monoisotopic (exact) mass is 348 g/mol. The van der Waals surface area contributed by atoms with Gasteiger partial charge in [0, 0.05) is 43.3 Å². The molecule has 0 aromatic carbocycles. The van der Waals surface area contributed by atoms with Gasteiger partial charge in [-0.1, -0.05) is 13.8 Å². The molecule has 3 heterocycles. The van der Waals surface area contributed by atoms with E-state index in [1.54, 1.807) is 18.3 Å². The zero-order valence-electron chi connectivity index (χ0n) is 15.1. The predicted octanol–water partition coefficient (Wildman–Crippen LogP) is 2.43. The number of nitrogens with one attached hydrogen (secondary N) is 1. The van der Waals surface area contributed by atoms with Crippen molar-refractivity contribution < 1.29 is 19.0 Å². The number of rotatable bonds is 6. The summed E-state index contributed by atoms with van der Waals surface area (Å²) >= 11 is 0. The molecule has 138 valence electrons. The lowest BCUT2D eigenvalue weighted by molar-refractivity contribution is -0.0510. The van der Waals surface area contributed by atoms with Crippen LogP contribution in [0.3, 0.4) is 0 Å². The molecule has 3 atom stereocenters. The Bertz CT molecular complexity index is 572. The van der Waals surface area contributed by atoms with Crippen LogP contribution in [0.2, 0.25) is 0 Å². The smallest absolute Gasteiger partial charge is 0.251 e. The molecule has 1 aromatic heterocycles. The molecule has 0 radical (unpaired) electrons. The normalized spacial score (nSPS) is 26.6. The van der Waals surface area contributed by atoms with Crippen LogP contribution < -0.4 is 10.1 Å². The van der Waals surface area contributed by atoms with Gasteiger partial charge in [0.1, 0.15) is 6.10 Å². The van der Waals surface area contributed by atoms with Crippen LogP contribution in [0.1, 0.15) is 43.5 Å². The Kier molecular flexibility index (Phi) is 6.26. The summed E-state index contributed by atoms with van der Waals surface area (Å²) in [6.07, 6.45) is 4.86. The zero-order valence-corrected chi connectivity index (χ0v) is 15.1. The van der Waals surface area contributed by atoms with Crippen LogP contribution in [0.4, 0.5) is 0 Å². The highest BCUT2D eigenvalue weighted by atomic mass is 16.5. The van der Waals surface area contributed by atoms with Crippen molar-refractivity contribution in [2.24, 2.45) is 11.8 Å². The summed E-state index contributed by atoms with van der Waals surface area (Å²) in [7, 11) is 0. The van der Waals surface area contributed by atoms with E-state index in [1.807, 2.05) is 0 Å². The Morgan fingerprint density at radius 3 is 3.04 bits per heavy atom. The number of aromatic nitrogens is 1. The molecule has 3 rings (SSSR count). The minimum atomic E-state index is -0.0944. The summed E-state index contributed by atoms with van der Waals surface area (Å²) in [5.74, 6) is 1.20. The Morgan fingerprint density at radius 1 is 1.40 bits per heavy atom. The molecule has 1 aromatic rings. The molecule has 0 unspecified atom stereocenters. The molecular formula is C19H28N2O4. The Morgan fingerprint density at radius 2 is 2.28 bits per heavy atom. The average Bonchev–Trinajstić information content (AvgIpc) is 3.13. The van der Waals surface area contributed by atoms with E-state index < -0.39 is 0 Å². The highest BCUT2D eigenvalue weighted by molar-refractivity contribution is 5.94. The minimum Gasteiger partial charge on any atom is -0.472 e. The molecule has 0 saturated carbocycles. The third-order valence-corrected chi connectivity index (χ3v) is 4.85. The molecule has 1 N–H and O–H groups in total. The fraction of sp³-hybridized carbons (Fsp3) is 0.684. The number of ether oxygens (including phenoxy) is 3. The van der Waals surface area contributed by atoms with E-state index in [0.29, 0.717) is 43.0 Å². The van der Waals surface area contributed by atoms with Crippen molar-refractivity contribution in [3.8, 4) is 5.88 Å². The van der Waals surface area contributed by atoms with Gasteiger partial charge < -0.3 is 19.5 Å². The molecule has 2 saturated heterocycles. The average molecular weight is 348 g/mol. The number of hydrogen-bond acceptors (Lipinski definition) is 5. The van der Waals surface area contributed by atoms with Crippen LogP contribution in [0.25, 0.3) is 0 Å². The van der Waals surface area contributed by atoms with E-state index in [1.165, 1.54) is 0 Å². The van der Waals surface area contributed by atoms with Crippen molar-refractivity contribution in [3.05, 3.63) is 23.9 Å². The molecule has 0 bridgehead atoms. The Balaban J connectivity index is 1.55. The van der Waals surface area contributed by atoms with Gasteiger partial charge in [0.05, 0.1) is 19.3 Å². The third-order valence-electron chi connectivity index (χ3n) is 4.85. The second-order valence-electron chi connectivity index (χ2n) is 7.18. The minimum absolute atomic E-state index is 0.0250. The quantitative estimate of drug-likeness (QED) is 0.855. The molecule has 2 aliphatic rings. The second-order valence-corrected chi connectivity index (χ2v) is 7.18. The summed E-state index contributed by atoms with van der Waals surface area (Å²) in [5, 5.41) is 3.05. The molecule has 6 nitrogen and oxygen atoms in total. The molecule has 1 amide bonds. The van der Waals surface area contributed by atoms with Gasteiger partial charge in [0.25, 0.3) is 5.91 Å². The van der Waals surface area contributed by atoms with Crippen LogP contribution in [0.5, 0.6) is 5.88 Å². The summed E-state index contributed by atoms with van der Waals surface area (Å²) in [6, 6.07) is 3.41. The maximum absolute atomic E-state index is 12.5. The van der Waals surface area contributed by atoms with Crippen LogP contribution in [-0.2, 0) is 9.47 Å². The molecule has 0 spiro atoms. The second kappa shape index (κ2) is 8.63. The molecule has 2 fully saturated rings. The van der Waals surface area contributed by atoms with E-state index in [0.717, 1.165) is 25.9 Å². The highest BCUT2D eigenvalue weighted by Crippen LogP contribution is 2.26. The van der Waals surface area contributed by atoms with Crippen molar-refractivity contribution in [3.63, 3.8) is 0 Å². The van der Waals surface area contributed by atoms with E-state index in [2.05, 4.69) is 24.1 Å². The number of pyridine rings is 1. The van der Waals surface area contributed by atoms with Crippen LogP contribution in [-0.4, -0.2) is 49.5 Å². The molecular weight excluding hydrogens is 320 g/mol. The number of carbonyl (C=O) groups excluding carboxylic acids is 1.